The number of hydrogen-bond acceptors (Lipinski definition) is 4. The Morgan fingerprint density at radius 2 is 1.65 bits per heavy atom. The molecule has 0 spiro atoms. The Balaban J connectivity index is 1.64. The van der Waals surface area contributed by atoms with E-state index in [1.165, 1.54) is 12.1 Å². The predicted molar refractivity (Wildman–Crippen MR) is 122 cm³/mol. The first-order valence-corrected chi connectivity index (χ1v) is 11.5. The van der Waals surface area contributed by atoms with Crippen LogP contribution in [0.4, 0.5) is 5.69 Å². The molecule has 3 rings (SSSR count). The third-order valence-corrected chi connectivity index (χ3v) is 6.69. The summed E-state index contributed by atoms with van der Waals surface area (Å²) in [4.78, 5) is 12.6. The highest BCUT2D eigenvalue weighted by molar-refractivity contribution is 7.92. The van der Waals surface area contributed by atoms with Crippen LogP contribution in [0.25, 0.3) is 0 Å². The van der Waals surface area contributed by atoms with Crippen molar-refractivity contribution in [3.05, 3.63) is 89.4 Å². The summed E-state index contributed by atoms with van der Waals surface area (Å²) >= 11 is 6.07. The first kappa shape index (κ1) is 22.7. The minimum absolute atomic E-state index is 0.117. The van der Waals surface area contributed by atoms with E-state index >= 15 is 0 Å². The van der Waals surface area contributed by atoms with Crippen molar-refractivity contribution < 1.29 is 17.9 Å². The minimum atomic E-state index is -3.91. The third kappa shape index (κ3) is 5.99. The molecule has 0 saturated heterocycles. The molecule has 0 unspecified atom stereocenters. The van der Waals surface area contributed by atoms with Crippen LogP contribution < -0.4 is 14.4 Å². The van der Waals surface area contributed by atoms with E-state index in [2.05, 4.69) is 5.32 Å². The number of sulfonamides is 1. The number of benzene rings is 3. The average Bonchev–Trinajstić information content (AvgIpc) is 2.78. The maximum Gasteiger partial charge on any atom is 0.264 e. The third-order valence-electron chi connectivity index (χ3n) is 4.50. The Labute approximate surface area is 187 Å². The lowest BCUT2D eigenvalue weighted by Crippen LogP contribution is -2.41. The quantitative estimate of drug-likeness (QED) is 0.491. The Morgan fingerprint density at radius 1 is 1.00 bits per heavy atom. The van der Waals surface area contributed by atoms with Crippen LogP contribution in [0.1, 0.15) is 5.56 Å². The summed E-state index contributed by atoms with van der Waals surface area (Å²) in [6, 6.07) is 21.9. The summed E-state index contributed by atoms with van der Waals surface area (Å²) in [5, 5.41) is 3.30. The number of rotatable bonds is 9. The Hall–Kier alpha value is -3.03. The van der Waals surface area contributed by atoms with E-state index in [4.69, 9.17) is 16.3 Å². The number of halogens is 1. The molecule has 0 saturated carbocycles. The van der Waals surface area contributed by atoms with Gasteiger partial charge in [0, 0.05) is 5.02 Å². The number of amides is 1. The topological polar surface area (TPSA) is 75.7 Å². The maximum atomic E-state index is 13.2. The van der Waals surface area contributed by atoms with Crippen molar-refractivity contribution in [3.8, 4) is 5.75 Å². The van der Waals surface area contributed by atoms with E-state index in [1.807, 2.05) is 13.0 Å². The van der Waals surface area contributed by atoms with Crippen molar-refractivity contribution in [2.24, 2.45) is 0 Å². The number of carbonyl (C=O) groups excluding carboxylic acids is 1. The predicted octanol–water partition coefficient (Wildman–Crippen LogP) is 4.04. The SMILES string of the molecule is Cc1ccc(OCCNC(=O)CN(c2ccccc2)S(=O)(=O)c2ccccc2)cc1Cl. The van der Waals surface area contributed by atoms with Crippen LogP contribution in [0.5, 0.6) is 5.75 Å². The Morgan fingerprint density at radius 3 is 2.29 bits per heavy atom. The molecule has 6 nitrogen and oxygen atoms in total. The monoisotopic (exact) mass is 458 g/mol. The summed E-state index contributed by atoms with van der Waals surface area (Å²) in [7, 11) is -3.91. The van der Waals surface area contributed by atoms with Gasteiger partial charge in [0.15, 0.2) is 0 Å². The lowest BCUT2D eigenvalue weighted by molar-refractivity contribution is -0.119. The van der Waals surface area contributed by atoms with E-state index in [-0.39, 0.29) is 24.6 Å². The summed E-state index contributed by atoms with van der Waals surface area (Å²) in [5.74, 6) is 0.163. The molecule has 3 aromatic rings. The second-order valence-corrected chi connectivity index (χ2v) is 9.04. The summed E-state index contributed by atoms with van der Waals surface area (Å²) in [6.45, 7) is 1.99. The molecular formula is C23H23ClN2O4S. The fourth-order valence-corrected chi connectivity index (χ4v) is 4.45. The van der Waals surface area contributed by atoms with E-state index in [0.717, 1.165) is 9.87 Å². The van der Waals surface area contributed by atoms with Crippen LogP contribution in [0.2, 0.25) is 5.02 Å². The Kier molecular flexibility index (Phi) is 7.55. The number of para-hydroxylation sites is 1. The zero-order valence-electron chi connectivity index (χ0n) is 17.0. The van der Waals surface area contributed by atoms with Crippen LogP contribution in [0.3, 0.4) is 0 Å². The highest BCUT2D eigenvalue weighted by atomic mass is 35.5. The number of anilines is 1. The molecule has 162 valence electrons. The standard InChI is InChI=1S/C23H23ClN2O4S/c1-18-12-13-20(16-22(18)24)30-15-14-25-23(27)17-26(19-8-4-2-5-9-19)31(28,29)21-10-6-3-7-11-21/h2-13,16H,14-15,17H2,1H3,(H,25,27). The van der Waals surface area contributed by atoms with Crippen molar-refractivity contribution in [3.63, 3.8) is 0 Å². The molecular weight excluding hydrogens is 436 g/mol. The average molecular weight is 459 g/mol. The fourth-order valence-electron chi connectivity index (χ4n) is 2.84. The van der Waals surface area contributed by atoms with Gasteiger partial charge in [-0.25, -0.2) is 8.42 Å². The largest absolute Gasteiger partial charge is 0.492 e. The molecule has 0 aliphatic carbocycles. The molecule has 8 heteroatoms. The fraction of sp³-hybridized carbons (Fsp3) is 0.174. The second kappa shape index (κ2) is 10.3. The van der Waals surface area contributed by atoms with Gasteiger partial charge < -0.3 is 10.1 Å². The van der Waals surface area contributed by atoms with Gasteiger partial charge in [-0.05, 0) is 48.9 Å². The van der Waals surface area contributed by atoms with Crippen LogP contribution in [-0.4, -0.2) is 34.0 Å². The molecule has 0 atom stereocenters. The summed E-state index contributed by atoms with van der Waals surface area (Å²) < 4.78 is 33.0. The van der Waals surface area contributed by atoms with Crippen LogP contribution in [0, 0.1) is 6.92 Å². The highest BCUT2D eigenvalue weighted by Gasteiger charge is 2.26. The molecule has 1 amide bonds. The number of carbonyl (C=O) groups is 1. The van der Waals surface area contributed by atoms with Crippen molar-refractivity contribution in [2.45, 2.75) is 11.8 Å². The molecule has 1 N–H and O–H groups in total. The molecule has 0 heterocycles. The summed E-state index contributed by atoms with van der Waals surface area (Å²) in [5.41, 5.74) is 1.36. The van der Waals surface area contributed by atoms with Crippen LogP contribution >= 0.6 is 11.6 Å². The normalized spacial score (nSPS) is 11.0. The molecule has 0 bridgehead atoms. The molecule has 0 aromatic heterocycles. The Bertz CT molecular complexity index is 1120. The number of nitrogens with zero attached hydrogens (tertiary/aromatic N) is 1. The maximum absolute atomic E-state index is 13.2. The van der Waals surface area contributed by atoms with Gasteiger partial charge in [0.05, 0.1) is 17.1 Å². The van der Waals surface area contributed by atoms with Gasteiger partial charge in [0.25, 0.3) is 10.0 Å². The molecule has 3 aromatic carbocycles. The lowest BCUT2D eigenvalue weighted by Gasteiger charge is -2.24. The van der Waals surface area contributed by atoms with Gasteiger partial charge >= 0.3 is 0 Å². The van der Waals surface area contributed by atoms with Crippen molar-refractivity contribution >= 4 is 33.2 Å². The lowest BCUT2D eigenvalue weighted by atomic mass is 10.2. The zero-order chi connectivity index (χ0) is 22.3. The second-order valence-electron chi connectivity index (χ2n) is 6.77. The van der Waals surface area contributed by atoms with Crippen molar-refractivity contribution in [1.29, 1.82) is 0 Å². The van der Waals surface area contributed by atoms with E-state index in [1.54, 1.807) is 60.7 Å². The van der Waals surface area contributed by atoms with Gasteiger partial charge in [0.1, 0.15) is 18.9 Å². The first-order chi connectivity index (χ1) is 14.9. The van der Waals surface area contributed by atoms with E-state index < -0.39 is 15.9 Å². The number of ether oxygens (including phenoxy) is 1. The molecule has 0 aliphatic rings. The van der Waals surface area contributed by atoms with Crippen molar-refractivity contribution in [2.75, 3.05) is 24.0 Å². The minimum Gasteiger partial charge on any atom is -0.492 e. The van der Waals surface area contributed by atoms with Gasteiger partial charge in [0.2, 0.25) is 5.91 Å². The van der Waals surface area contributed by atoms with Gasteiger partial charge in [-0.1, -0.05) is 54.1 Å². The summed E-state index contributed by atoms with van der Waals surface area (Å²) in [6.07, 6.45) is 0. The molecule has 31 heavy (non-hydrogen) atoms. The zero-order valence-corrected chi connectivity index (χ0v) is 18.6. The smallest absolute Gasteiger partial charge is 0.264 e. The number of hydrogen-bond donors (Lipinski definition) is 1. The van der Waals surface area contributed by atoms with Gasteiger partial charge in [-0.3, -0.25) is 9.10 Å². The van der Waals surface area contributed by atoms with Gasteiger partial charge in [-0.15, -0.1) is 0 Å². The van der Waals surface area contributed by atoms with Crippen LogP contribution in [0.15, 0.2) is 83.8 Å². The number of aryl methyl sites for hydroxylation is 1. The van der Waals surface area contributed by atoms with E-state index in [9.17, 15) is 13.2 Å². The highest BCUT2D eigenvalue weighted by Crippen LogP contribution is 2.23. The number of nitrogens with one attached hydrogen (secondary N) is 1. The van der Waals surface area contributed by atoms with Crippen LogP contribution in [-0.2, 0) is 14.8 Å². The molecule has 0 aliphatic heterocycles. The van der Waals surface area contributed by atoms with Gasteiger partial charge in [-0.2, -0.15) is 0 Å². The van der Waals surface area contributed by atoms with E-state index in [0.29, 0.717) is 16.5 Å². The first-order valence-electron chi connectivity index (χ1n) is 9.66. The molecule has 0 radical (unpaired) electrons. The van der Waals surface area contributed by atoms with Crippen molar-refractivity contribution in [1.82, 2.24) is 5.32 Å². The molecule has 0 fully saturated rings.